The molecule has 0 spiro atoms. The van der Waals surface area contributed by atoms with Crippen LogP contribution in [0.4, 0.5) is 0 Å². The van der Waals surface area contributed by atoms with Crippen molar-refractivity contribution < 1.29 is 0 Å². The maximum Gasteiger partial charge on any atom is 0.0324 e. The zero-order valence-electron chi connectivity index (χ0n) is 9.09. The van der Waals surface area contributed by atoms with E-state index < -0.39 is 0 Å². The molecule has 0 aliphatic rings. The molecular weight excluding hydrogens is 160 g/mol. The number of rotatable bonds is 6. The Hall–Kier alpha value is -0.760. The van der Waals surface area contributed by atoms with Crippen molar-refractivity contribution in [1.82, 2.24) is 4.90 Å². The Labute approximate surface area is 82.1 Å². The predicted octanol–water partition coefficient (Wildman–Crippen LogP) is 1.99. The van der Waals surface area contributed by atoms with Crippen molar-refractivity contribution in [2.24, 2.45) is 11.7 Å². The van der Waals surface area contributed by atoms with E-state index in [1.165, 1.54) is 0 Å². The molecule has 0 fully saturated rings. The lowest BCUT2D eigenvalue weighted by atomic mass is 10.1. The molecule has 1 unspecified atom stereocenters. The van der Waals surface area contributed by atoms with Crippen LogP contribution in [0.25, 0.3) is 0 Å². The van der Waals surface area contributed by atoms with Crippen LogP contribution in [0.2, 0.25) is 0 Å². The average Bonchev–Trinajstić information content (AvgIpc) is 2.13. The first-order valence-corrected chi connectivity index (χ1v) is 4.87. The molecule has 0 amide bonds. The van der Waals surface area contributed by atoms with Crippen molar-refractivity contribution in [1.29, 1.82) is 0 Å². The van der Waals surface area contributed by atoms with Gasteiger partial charge in [-0.15, -0.1) is 0 Å². The van der Waals surface area contributed by atoms with E-state index >= 15 is 0 Å². The van der Waals surface area contributed by atoms with Crippen molar-refractivity contribution in [3.8, 4) is 0 Å². The Bertz CT molecular complexity index is 173. The van der Waals surface area contributed by atoms with Crippen LogP contribution >= 0.6 is 0 Å². The highest BCUT2D eigenvalue weighted by Gasteiger charge is 2.03. The fourth-order valence-corrected chi connectivity index (χ4v) is 1.15. The lowest BCUT2D eigenvalue weighted by Gasteiger charge is -2.22. The molecule has 0 bridgehead atoms. The monoisotopic (exact) mass is 182 g/mol. The minimum atomic E-state index is 0.542. The van der Waals surface area contributed by atoms with Gasteiger partial charge < -0.3 is 10.6 Å². The van der Waals surface area contributed by atoms with Crippen LogP contribution in [0.1, 0.15) is 20.3 Å². The van der Waals surface area contributed by atoms with Gasteiger partial charge >= 0.3 is 0 Å². The van der Waals surface area contributed by atoms with Gasteiger partial charge in [0.15, 0.2) is 0 Å². The summed E-state index contributed by atoms with van der Waals surface area (Å²) in [6, 6.07) is 0. The van der Waals surface area contributed by atoms with Gasteiger partial charge in [-0.1, -0.05) is 32.6 Å². The summed E-state index contributed by atoms with van der Waals surface area (Å²) in [6.45, 7) is 9.76. The zero-order chi connectivity index (χ0) is 10.3. The molecule has 0 saturated carbocycles. The zero-order valence-corrected chi connectivity index (χ0v) is 9.09. The topological polar surface area (TPSA) is 29.3 Å². The van der Waals surface area contributed by atoms with E-state index in [-0.39, 0.29) is 0 Å². The average molecular weight is 182 g/mol. The maximum absolute atomic E-state index is 5.49. The van der Waals surface area contributed by atoms with E-state index in [0.717, 1.165) is 18.7 Å². The molecule has 76 valence electrons. The van der Waals surface area contributed by atoms with Crippen LogP contribution in [0.15, 0.2) is 24.4 Å². The molecule has 0 aliphatic carbocycles. The molecule has 0 aromatic heterocycles. The summed E-state index contributed by atoms with van der Waals surface area (Å²) in [6.07, 6.45) is 5.54. The van der Waals surface area contributed by atoms with Gasteiger partial charge in [-0.3, -0.25) is 0 Å². The van der Waals surface area contributed by atoms with Crippen molar-refractivity contribution in [2.45, 2.75) is 20.3 Å². The minimum absolute atomic E-state index is 0.542. The highest BCUT2D eigenvalue weighted by molar-refractivity contribution is 4.96. The van der Waals surface area contributed by atoms with E-state index in [1.807, 2.05) is 7.05 Å². The number of nitrogens with two attached hydrogens (primary N) is 1. The molecule has 0 rings (SSSR count). The summed E-state index contributed by atoms with van der Waals surface area (Å²) in [7, 11) is 2.03. The SMILES string of the molecule is C=C(CN)N(C)CC(C)C=CCC. The van der Waals surface area contributed by atoms with E-state index in [1.54, 1.807) is 0 Å². The Morgan fingerprint density at radius 2 is 2.23 bits per heavy atom. The molecule has 13 heavy (non-hydrogen) atoms. The van der Waals surface area contributed by atoms with Crippen LogP contribution in [0.3, 0.4) is 0 Å². The van der Waals surface area contributed by atoms with Gasteiger partial charge in [0.25, 0.3) is 0 Å². The maximum atomic E-state index is 5.49. The van der Waals surface area contributed by atoms with Gasteiger partial charge in [0.05, 0.1) is 0 Å². The first-order chi connectivity index (χ1) is 6.11. The third-order valence-corrected chi connectivity index (χ3v) is 2.04. The predicted molar refractivity (Wildman–Crippen MR) is 59.4 cm³/mol. The van der Waals surface area contributed by atoms with E-state index in [4.69, 9.17) is 5.73 Å². The largest absolute Gasteiger partial charge is 0.377 e. The minimum Gasteiger partial charge on any atom is -0.377 e. The first kappa shape index (κ1) is 12.2. The molecule has 1 atom stereocenters. The molecule has 0 radical (unpaired) electrons. The van der Waals surface area contributed by atoms with Gasteiger partial charge in [0.2, 0.25) is 0 Å². The molecule has 2 N–H and O–H groups in total. The fraction of sp³-hybridized carbons (Fsp3) is 0.636. The molecule has 0 aromatic rings. The summed E-state index contributed by atoms with van der Waals surface area (Å²) in [5.41, 5.74) is 6.49. The Morgan fingerprint density at radius 3 is 2.69 bits per heavy atom. The number of nitrogens with zero attached hydrogens (tertiary/aromatic N) is 1. The lowest BCUT2D eigenvalue weighted by molar-refractivity contribution is 0.376. The van der Waals surface area contributed by atoms with Crippen LogP contribution in [0.5, 0.6) is 0 Å². The second kappa shape index (κ2) is 6.72. The fourth-order valence-electron chi connectivity index (χ4n) is 1.15. The summed E-state index contributed by atoms with van der Waals surface area (Å²) in [5, 5.41) is 0. The molecule has 2 heteroatoms. The van der Waals surface area contributed by atoms with Crippen molar-refractivity contribution >= 4 is 0 Å². The first-order valence-electron chi connectivity index (χ1n) is 4.87. The third-order valence-electron chi connectivity index (χ3n) is 2.04. The summed E-state index contributed by atoms with van der Waals surface area (Å²) >= 11 is 0. The van der Waals surface area contributed by atoms with Crippen molar-refractivity contribution in [3.05, 3.63) is 24.4 Å². The molecule has 0 saturated heterocycles. The van der Waals surface area contributed by atoms with Gasteiger partial charge in [-0.2, -0.15) is 0 Å². The molecule has 2 nitrogen and oxygen atoms in total. The molecular formula is C11H22N2. The van der Waals surface area contributed by atoms with Crippen molar-refractivity contribution in [2.75, 3.05) is 20.1 Å². The molecule has 0 aliphatic heterocycles. The van der Waals surface area contributed by atoms with Crippen molar-refractivity contribution in [3.63, 3.8) is 0 Å². The van der Waals surface area contributed by atoms with Gasteiger partial charge in [-0.25, -0.2) is 0 Å². The lowest BCUT2D eigenvalue weighted by Crippen LogP contribution is -2.26. The second-order valence-corrected chi connectivity index (χ2v) is 3.46. The smallest absolute Gasteiger partial charge is 0.0324 e. The number of hydrogen-bond donors (Lipinski definition) is 1. The van der Waals surface area contributed by atoms with Gasteiger partial charge in [0, 0.05) is 25.8 Å². The summed E-state index contributed by atoms with van der Waals surface area (Å²) in [5.74, 6) is 0.563. The number of hydrogen-bond acceptors (Lipinski definition) is 2. The third kappa shape index (κ3) is 5.47. The highest BCUT2D eigenvalue weighted by Crippen LogP contribution is 2.04. The summed E-state index contributed by atoms with van der Waals surface area (Å²) in [4.78, 5) is 2.12. The second-order valence-electron chi connectivity index (χ2n) is 3.46. The van der Waals surface area contributed by atoms with Crippen LogP contribution in [0, 0.1) is 5.92 Å². The quantitative estimate of drug-likeness (QED) is 0.637. The standard InChI is InChI=1S/C11H22N2/c1-5-6-7-10(2)9-13(4)11(3)8-12/h6-7,10H,3,5,8-9,12H2,1-2,4H3. The van der Waals surface area contributed by atoms with Gasteiger partial charge in [-0.05, 0) is 12.3 Å². The van der Waals surface area contributed by atoms with Crippen LogP contribution in [-0.4, -0.2) is 25.0 Å². The molecule has 0 heterocycles. The van der Waals surface area contributed by atoms with E-state index in [2.05, 4.69) is 37.5 Å². The van der Waals surface area contributed by atoms with Crippen LogP contribution in [-0.2, 0) is 0 Å². The Balaban J connectivity index is 3.83. The Kier molecular flexibility index (Phi) is 6.33. The van der Waals surface area contributed by atoms with E-state index in [9.17, 15) is 0 Å². The van der Waals surface area contributed by atoms with Crippen LogP contribution < -0.4 is 5.73 Å². The Morgan fingerprint density at radius 1 is 1.62 bits per heavy atom. The highest BCUT2D eigenvalue weighted by atomic mass is 15.1. The number of allylic oxidation sites excluding steroid dienone is 1. The number of likely N-dealkylation sites (N-methyl/N-ethyl adjacent to an activating group) is 1. The molecule has 0 aromatic carbocycles. The summed E-state index contributed by atoms with van der Waals surface area (Å²) < 4.78 is 0. The van der Waals surface area contributed by atoms with E-state index in [0.29, 0.717) is 12.5 Å². The normalized spacial score (nSPS) is 13.2. The van der Waals surface area contributed by atoms with Gasteiger partial charge in [0.1, 0.15) is 0 Å².